The second kappa shape index (κ2) is 3.67. The molecule has 1 aromatic carbocycles. The molecule has 0 radical (unpaired) electrons. The van der Waals surface area contributed by atoms with Gasteiger partial charge in [0.1, 0.15) is 11.5 Å². The fourth-order valence-corrected chi connectivity index (χ4v) is 1.80. The maximum Gasteiger partial charge on any atom is 0.231 e. The Balaban J connectivity index is 2.61. The number of carbonyl (C=O) groups is 1. The summed E-state index contributed by atoms with van der Waals surface area (Å²) in [6, 6.07) is 3.54. The molecule has 3 nitrogen and oxygen atoms in total. The van der Waals surface area contributed by atoms with Gasteiger partial charge in [0.05, 0.1) is 12.7 Å². The number of hydrogen-bond acceptors (Lipinski definition) is 3. The third-order valence-electron chi connectivity index (χ3n) is 2.69. The standard InChI is InChI=1S/C13H14O3/c1-7(2)12-11(14)9-5-6-10(15-4)8(3)13(9)16-12/h5-6H,1-4H3. The zero-order valence-electron chi connectivity index (χ0n) is 9.88. The third-order valence-corrected chi connectivity index (χ3v) is 2.69. The molecule has 0 spiro atoms. The van der Waals surface area contributed by atoms with Gasteiger partial charge in [0, 0.05) is 5.56 Å². The van der Waals surface area contributed by atoms with Crippen LogP contribution in [0.4, 0.5) is 0 Å². The fourth-order valence-electron chi connectivity index (χ4n) is 1.80. The molecule has 0 N–H and O–H groups in total. The van der Waals surface area contributed by atoms with Crippen LogP contribution in [0.5, 0.6) is 11.5 Å². The summed E-state index contributed by atoms with van der Waals surface area (Å²) >= 11 is 0. The first-order valence-electron chi connectivity index (χ1n) is 5.14. The fraction of sp³-hybridized carbons (Fsp3) is 0.308. The number of methoxy groups -OCH3 is 1. The van der Waals surface area contributed by atoms with Crippen LogP contribution < -0.4 is 9.47 Å². The molecule has 0 bridgehead atoms. The molecule has 0 unspecified atom stereocenters. The highest BCUT2D eigenvalue weighted by Gasteiger charge is 2.30. The minimum absolute atomic E-state index is 0.0410. The molecule has 0 aromatic heterocycles. The van der Waals surface area contributed by atoms with E-state index in [1.807, 2.05) is 20.8 Å². The lowest BCUT2D eigenvalue weighted by Gasteiger charge is -2.07. The van der Waals surface area contributed by atoms with Gasteiger partial charge >= 0.3 is 0 Å². The maximum atomic E-state index is 12.0. The van der Waals surface area contributed by atoms with E-state index in [0.717, 1.165) is 16.9 Å². The van der Waals surface area contributed by atoms with E-state index in [4.69, 9.17) is 9.47 Å². The van der Waals surface area contributed by atoms with Crippen molar-refractivity contribution < 1.29 is 14.3 Å². The molecule has 0 atom stereocenters. The maximum absolute atomic E-state index is 12.0. The second-order valence-corrected chi connectivity index (χ2v) is 4.03. The zero-order valence-corrected chi connectivity index (χ0v) is 9.88. The first-order valence-corrected chi connectivity index (χ1v) is 5.14. The monoisotopic (exact) mass is 218 g/mol. The van der Waals surface area contributed by atoms with E-state index in [2.05, 4.69) is 0 Å². The topological polar surface area (TPSA) is 35.5 Å². The molecule has 16 heavy (non-hydrogen) atoms. The molecule has 0 saturated heterocycles. The Morgan fingerprint density at radius 2 is 2.00 bits per heavy atom. The van der Waals surface area contributed by atoms with Gasteiger partial charge in [-0.1, -0.05) is 0 Å². The van der Waals surface area contributed by atoms with Crippen LogP contribution in [0.2, 0.25) is 0 Å². The molecule has 2 rings (SSSR count). The summed E-state index contributed by atoms with van der Waals surface area (Å²) in [4.78, 5) is 12.0. The third kappa shape index (κ3) is 1.40. The van der Waals surface area contributed by atoms with Crippen LogP contribution in [0.15, 0.2) is 23.5 Å². The Morgan fingerprint density at radius 1 is 1.31 bits per heavy atom. The molecule has 1 heterocycles. The van der Waals surface area contributed by atoms with Crippen LogP contribution in [-0.2, 0) is 0 Å². The van der Waals surface area contributed by atoms with Crippen LogP contribution >= 0.6 is 0 Å². The Kier molecular flexibility index (Phi) is 2.46. The lowest BCUT2D eigenvalue weighted by Crippen LogP contribution is -2.00. The van der Waals surface area contributed by atoms with Crippen molar-refractivity contribution in [1.29, 1.82) is 0 Å². The molecule has 1 aliphatic heterocycles. The molecule has 0 saturated carbocycles. The van der Waals surface area contributed by atoms with Crippen molar-refractivity contribution in [3.8, 4) is 11.5 Å². The summed E-state index contributed by atoms with van der Waals surface area (Å²) in [7, 11) is 1.60. The van der Waals surface area contributed by atoms with Gasteiger partial charge in [-0.2, -0.15) is 0 Å². The number of ether oxygens (including phenoxy) is 2. The first kappa shape index (κ1) is 10.7. The molecule has 3 heteroatoms. The average molecular weight is 218 g/mol. The number of benzene rings is 1. The summed E-state index contributed by atoms with van der Waals surface area (Å²) in [5.74, 6) is 1.76. The smallest absolute Gasteiger partial charge is 0.231 e. The van der Waals surface area contributed by atoms with E-state index in [-0.39, 0.29) is 5.78 Å². The van der Waals surface area contributed by atoms with E-state index < -0.39 is 0 Å². The van der Waals surface area contributed by atoms with E-state index in [9.17, 15) is 4.79 Å². The largest absolute Gasteiger partial charge is 0.496 e. The molecule has 0 amide bonds. The van der Waals surface area contributed by atoms with Gasteiger partial charge in [0.25, 0.3) is 0 Å². The van der Waals surface area contributed by atoms with Crippen molar-refractivity contribution in [2.24, 2.45) is 0 Å². The van der Waals surface area contributed by atoms with Gasteiger partial charge in [-0.05, 0) is 38.5 Å². The Hall–Kier alpha value is -1.77. The van der Waals surface area contributed by atoms with E-state index >= 15 is 0 Å². The number of fused-ring (bicyclic) bond motifs is 1. The second-order valence-electron chi connectivity index (χ2n) is 4.03. The Labute approximate surface area is 94.7 Å². The molecule has 1 aromatic rings. The van der Waals surface area contributed by atoms with Crippen LogP contribution in [0, 0.1) is 6.92 Å². The summed E-state index contributed by atoms with van der Waals surface area (Å²) < 4.78 is 10.8. The highest BCUT2D eigenvalue weighted by atomic mass is 16.5. The molecule has 0 aliphatic carbocycles. The van der Waals surface area contributed by atoms with Crippen LogP contribution in [0.25, 0.3) is 0 Å². The molecule has 84 valence electrons. The van der Waals surface area contributed by atoms with Crippen molar-refractivity contribution in [2.75, 3.05) is 7.11 Å². The molecular weight excluding hydrogens is 204 g/mol. The minimum atomic E-state index is -0.0410. The van der Waals surface area contributed by atoms with Crippen molar-refractivity contribution in [2.45, 2.75) is 20.8 Å². The van der Waals surface area contributed by atoms with Crippen molar-refractivity contribution >= 4 is 5.78 Å². The van der Waals surface area contributed by atoms with Crippen molar-refractivity contribution in [1.82, 2.24) is 0 Å². The Morgan fingerprint density at radius 3 is 2.56 bits per heavy atom. The number of carbonyl (C=O) groups excluding carboxylic acids is 1. The number of ketones is 1. The number of Topliss-reactive ketones (excluding diaryl/α,β-unsaturated/α-hetero) is 1. The first-order chi connectivity index (χ1) is 7.56. The predicted molar refractivity (Wildman–Crippen MR) is 61.1 cm³/mol. The minimum Gasteiger partial charge on any atom is -0.496 e. The van der Waals surface area contributed by atoms with Gasteiger partial charge in [-0.25, -0.2) is 0 Å². The predicted octanol–water partition coefficient (Wildman–Crippen LogP) is 2.87. The molecule has 1 aliphatic rings. The summed E-state index contributed by atoms with van der Waals surface area (Å²) in [5.41, 5.74) is 2.37. The lowest BCUT2D eigenvalue weighted by molar-refractivity contribution is 0.101. The van der Waals surface area contributed by atoms with Gasteiger partial charge in [-0.3, -0.25) is 4.79 Å². The molecule has 0 fully saturated rings. The van der Waals surface area contributed by atoms with Crippen molar-refractivity contribution in [3.63, 3.8) is 0 Å². The van der Waals surface area contributed by atoms with Crippen molar-refractivity contribution in [3.05, 3.63) is 34.6 Å². The summed E-state index contributed by atoms with van der Waals surface area (Å²) in [6.45, 7) is 5.62. The van der Waals surface area contributed by atoms with E-state index in [1.54, 1.807) is 19.2 Å². The van der Waals surface area contributed by atoms with Gasteiger partial charge in [0.15, 0.2) is 5.76 Å². The Bertz CT molecular complexity index is 494. The SMILES string of the molecule is COc1ccc2c(c1C)OC(=C(C)C)C2=O. The quantitative estimate of drug-likeness (QED) is 0.680. The lowest BCUT2D eigenvalue weighted by atomic mass is 10.1. The zero-order chi connectivity index (χ0) is 11.9. The normalized spacial score (nSPS) is 13.5. The van der Waals surface area contributed by atoms with Gasteiger partial charge in [-0.15, -0.1) is 0 Å². The van der Waals surface area contributed by atoms with Crippen LogP contribution in [0.3, 0.4) is 0 Å². The van der Waals surface area contributed by atoms with Gasteiger partial charge in [0.2, 0.25) is 5.78 Å². The number of rotatable bonds is 1. The highest BCUT2D eigenvalue weighted by Crippen LogP contribution is 2.39. The highest BCUT2D eigenvalue weighted by molar-refractivity contribution is 6.13. The van der Waals surface area contributed by atoms with Crippen LogP contribution in [-0.4, -0.2) is 12.9 Å². The van der Waals surface area contributed by atoms with E-state index in [0.29, 0.717) is 17.1 Å². The summed E-state index contributed by atoms with van der Waals surface area (Å²) in [6.07, 6.45) is 0. The molecular formula is C13H14O3. The number of hydrogen-bond donors (Lipinski definition) is 0. The number of allylic oxidation sites excluding steroid dienone is 2. The van der Waals surface area contributed by atoms with Gasteiger partial charge < -0.3 is 9.47 Å². The van der Waals surface area contributed by atoms with E-state index in [1.165, 1.54) is 0 Å². The van der Waals surface area contributed by atoms with Crippen LogP contribution in [0.1, 0.15) is 29.8 Å². The average Bonchev–Trinajstić information content (AvgIpc) is 2.58. The summed E-state index contributed by atoms with van der Waals surface area (Å²) in [5, 5.41) is 0.